The number of amides is 2. The maximum atomic E-state index is 15.0. The highest BCUT2D eigenvalue weighted by Gasteiger charge is 2.68. The lowest BCUT2D eigenvalue weighted by molar-refractivity contribution is -0.160. The average molecular weight is 632 g/mol. The van der Waals surface area contributed by atoms with Crippen LogP contribution in [0.4, 0.5) is 19.3 Å². The van der Waals surface area contributed by atoms with Crippen molar-refractivity contribution in [2.75, 3.05) is 11.5 Å². The van der Waals surface area contributed by atoms with E-state index in [1.54, 1.807) is 45.0 Å². The van der Waals surface area contributed by atoms with Gasteiger partial charge in [0, 0.05) is 5.92 Å². The van der Waals surface area contributed by atoms with E-state index in [0.717, 1.165) is 29.2 Å². The van der Waals surface area contributed by atoms with E-state index in [2.05, 4.69) is 0 Å². The van der Waals surface area contributed by atoms with Crippen molar-refractivity contribution in [3.63, 3.8) is 0 Å². The molecule has 2 aliphatic heterocycles. The zero-order chi connectivity index (χ0) is 33.1. The number of hydrogen-bond donors (Lipinski definition) is 0. The Morgan fingerprint density at radius 3 is 2.33 bits per heavy atom. The summed E-state index contributed by atoms with van der Waals surface area (Å²) in [5, 5.41) is 0. The predicted molar refractivity (Wildman–Crippen MR) is 159 cm³/mol. The van der Waals surface area contributed by atoms with Crippen LogP contribution >= 0.6 is 0 Å². The number of ketones is 2. The molecule has 0 radical (unpaired) electrons. The summed E-state index contributed by atoms with van der Waals surface area (Å²) in [6.45, 7) is 6.31. The van der Waals surface area contributed by atoms with Gasteiger partial charge in [0.15, 0.2) is 5.78 Å². The van der Waals surface area contributed by atoms with Crippen LogP contribution in [-0.2, 0) is 29.3 Å². The van der Waals surface area contributed by atoms with Crippen molar-refractivity contribution in [3.05, 3.63) is 95.1 Å². The first kappa shape index (κ1) is 31.1. The van der Waals surface area contributed by atoms with Crippen molar-refractivity contribution in [2.24, 2.45) is 11.8 Å². The van der Waals surface area contributed by atoms with Gasteiger partial charge >= 0.3 is 12.1 Å². The normalized spacial score (nSPS) is 24.9. The second-order valence-electron chi connectivity index (χ2n) is 12.6. The minimum Gasteiger partial charge on any atom is -0.488 e. The maximum absolute atomic E-state index is 15.0. The number of nitrogens with zero attached hydrogens (tertiary/aromatic N) is 1. The fourth-order valence-electron chi connectivity index (χ4n) is 7.14. The number of benzene rings is 3. The number of Topliss-reactive ketones (excluding diaryl/α,β-unsaturated/α-hetero) is 2. The van der Waals surface area contributed by atoms with Crippen LogP contribution in [0.15, 0.2) is 66.7 Å². The summed E-state index contributed by atoms with van der Waals surface area (Å²) in [6, 6.07) is 14.9. The molecule has 0 unspecified atom stereocenters. The molecule has 3 aliphatic rings. The molecule has 1 fully saturated rings. The van der Waals surface area contributed by atoms with Gasteiger partial charge in [0.1, 0.15) is 29.1 Å². The lowest BCUT2D eigenvalue weighted by Crippen LogP contribution is -2.62. The minimum absolute atomic E-state index is 0.0108. The maximum Gasteiger partial charge on any atom is 0.421 e. The minimum atomic E-state index is -1.83. The predicted octanol–water partition coefficient (Wildman–Crippen LogP) is 5.68. The van der Waals surface area contributed by atoms with Gasteiger partial charge in [-0.25, -0.2) is 23.3 Å². The van der Waals surface area contributed by atoms with E-state index in [9.17, 15) is 32.8 Å². The molecule has 9 nitrogen and oxygen atoms in total. The van der Waals surface area contributed by atoms with Gasteiger partial charge < -0.3 is 14.2 Å². The van der Waals surface area contributed by atoms with Crippen LogP contribution in [-0.4, -0.2) is 47.8 Å². The summed E-state index contributed by atoms with van der Waals surface area (Å²) < 4.78 is 45.6. The Labute approximate surface area is 263 Å². The molecule has 6 rings (SSSR count). The standard InChI is InChI=1S/C35H31F2NO8/c1-5-44-31(41)29(40)26-27(18-10-12-19(36)13-11-18)35(17-22-28(39)21-16-20(37)14-15-25(21)45-30(22)26)23-8-6-7-9-24(23)38(32(35)42)33(43)46-34(2,3)4/h6-16,22,26-27,30H,5,17H2,1-4H3/t22-,26+,27-,30-,35-/m0/s1. The van der Waals surface area contributed by atoms with E-state index in [1.165, 1.54) is 25.1 Å². The van der Waals surface area contributed by atoms with Gasteiger partial charge in [0.2, 0.25) is 11.7 Å². The fourth-order valence-corrected chi connectivity index (χ4v) is 7.14. The number of rotatable bonds is 4. The highest BCUT2D eigenvalue weighted by molar-refractivity contribution is 6.35. The van der Waals surface area contributed by atoms with Crippen LogP contribution in [0.2, 0.25) is 0 Å². The number of hydrogen-bond acceptors (Lipinski definition) is 8. The van der Waals surface area contributed by atoms with Crippen LogP contribution in [0, 0.1) is 23.5 Å². The quantitative estimate of drug-likeness (QED) is 0.267. The summed E-state index contributed by atoms with van der Waals surface area (Å²) in [5.41, 5.74) is -2.13. The molecule has 3 aromatic carbocycles. The molecular weight excluding hydrogens is 600 g/mol. The van der Waals surface area contributed by atoms with Crippen molar-refractivity contribution >= 4 is 35.2 Å². The summed E-state index contributed by atoms with van der Waals surface area (Å²) in [4.78, 5) is 71.1. The molecule has 1 saturated carbocycles. The molecule has 2 heterocycles. The first-order valence-corrected chi connectivity index (χ1v) is 14.9. The number of fused-ring (bicyclic) bond motifs is 4. The Morgan fingerprint density at radius 1 is 0.978 bits per heavy atom. The van der Waals surface area contributed by atoms with Crippen LogP contribution < -0.4 is 9.64 Å². The molecule has 11 heteroatoms. The first-order valence-electron chi connectivity index (χ1n) is 14.9. The Morgan fingerprint density at radius 2 is 1.65 bits per heavy atom. The summed E-state index contributed by atoms with van der Waals surface area (Å²) in [5.74, 6) is -8.94. The van der Waals surface area contributed by atoms with E-state index in [-0.39, 0.29) is 35.6 Å². The third-order valence-corrected chi connectivity index (χ3v) is 8.78. The highest BCUT2D eigenvalue weighted by Crippen LogP contribution is 2.61. The molecule has 0 N–H and O–H groups in total. The third-order valence-electron chi connectivity index (χ3n) is 8.78. The average Bonchev–Trinajstić information content (AvgIpc) is 3.24. The first-order chi connectivity index (χ1) is 21.8. The van der Waals surface area contributed by atoms with Crippen molar-refractivity contribution in [2.45, 2.75) is 57.2 Å². The second kappa shape index (κ2) is 11.1. The molecule has 1 spiro atoms. The number of carbonyl (C=O) groups excluding carboxylic acids is 5. The molecule has 0 bridgehead atoms. The highest BCUT2D eigenvalue weighted by atomic mass is 19.1. The lowest BCUT2D eigenvalue weighted by atomic mass is 9.51. The monoisotopic (exact) mass is 631 g/mol. The number of carbonyl (C=O) groups is 5. The Bertz CT molecular complexity index is 1780. The molecule has 1 aliphatic carbocycles. The lowest BCUT2D eigenvalue weighted by Gasteiger charge is -2.51. The number of imide groups is 1. The largest absolute Gasteiger partial charge is 0.488 e. The van der Waals surface area contributed by atoms with Crippen molar-refractivity contribution in [1.29, 1.82) is 0 Å². The van der Waals surface area contributed by atoms with Crippen molar-refractivity contribution in [3.8, 4) is 5.75 Å². The zero-order valence-electron chi connectivity index (χ0n) is 25.5. The van der Waals surface area contributed by atoms with Crippen LogP contribution in [0.1, 0.15) is 61.5 Å². The molecule has 238 valence electrons. The topological polar surface area (TPSA) is 116 Å². The van der Waals surface area contributed by atoms with E-state index in [0.29, 0.717) is 5.56 Å². The van der Waals surface area contributed by atoms with Crippen molar-refractivity contribution < 1.29 is 47.0 Å². The molecule has 0 saturated heterocycles. The van der Waals surface area contributed by atoms with E-state index >= 15 is 0 Å². The van der Waals surface area contributed by atoms with Crippen LogP contribution in [0.3, 0.4) is 0 Å². The molecule has 2 amide bonds. The summed E-state index contributed by atoms with van der Waals surface area (Å²) >= 11 is 0. The Balaban J connectivity index is 1.64. The van der Waals surface area contributed by atoms with Gasteiger partial charge in [-0.3, -0.25) is 14.4 Å². The van der Waals surface area contributed by atoms with E-state index in [1.807, 2.05) is 0 Å². The Kier molecular flexibility index (Phi) is 7.53. The van der Waals surface area contributed by atoms with Gasteiger partial charge in [-0.1, -0.05) is 30.3 Å². The molecule has 0 aromatic heterocycles. The van der Waals surface area contributed by atoms with Crippen LogP contribution in [0.5, 0.6) is 5.75 Å². The van der Waals surface area contributed by atoms with Gasteiger partial charge in [0.25, 0.3) is 0 Å². The van der Waals surface area contributed by atoms with Gasteiger partial charge in [-0.2, -0.15) is 0 Å². The summed E-state index contributed by atoms with van der Waals surface area (Å²) in [6.07, 6.45) is -2.55. The molecule has 5 atom stereocenters. The van der Waals surface area contributed by atoms with E-state index in [4.69, 9.17) is 14.2 Å². The molecule has 46 heavy (non-hydrogen) atoms. The fraction of sp³-hybridized carbons (Fsp3) is 0.343. The number of esters is 1. The number of halogens is 2. The van der Waals surface area contributed by atoms with Crippen molar-refractivity contribution in [1.82, 2.24) is 0 Å². The SMILES string of the molecule is CCOC(=O)C(=O)[C@@H]1[C@H]2Oc3ccc(F)cc3C(=O)[C@@H]2C[C@@]2(C(=O)N(C(=O)OC(C)(C)C)c3ccccc32)[C@H]1c1ccc(F)cc1. The smallest absolute Gasteiger partial charge is 0.421 e. The van der Waals surface area contributed by atoms with E-state index < -0.39 is 76.0 Å². The van der Waals surface area contributed by atoms with Crippen LogP contribution in [0.25, 0.3) is 0 Å². The summed E-state index contributed by atoms with van der Waals surface area (Å²) in [7, 11) is 0. The number of para-hydroxylation sites is 1. The van der Waals surface area contributed by atoms with Gasteiger partial charge in [-0.05, 0) is 81.6 Å². The molecular formula is C35H31F2NO8. The second-order valence-corrected chi connectivity index (χ2v) is 12.6. The Hall–Kier alpha value is -4.93. The van der Waals surface area contributed by atoms with Gasteiger partial charge in [0.05, 0.1) is 35.1 Å². The molecule has 3 aromatic rings. The third kappa shape index (κ3) is 4.85. The van der Waals surface area contributed by atoms with Gasteiger partial charge in [-0.15, -0.1) is 0 Å². The number of anilines is 1. The number of ether oxygens (including phenoxy) is 3. The zero-order valence-corrected chi connectivity index (χ0v) is 25.5.